The van der Waals surface area contributed by atoms with Gasteiger partial charge in [-0.25, -0.2) is 9.78 Å². The van der Waals surface area contributed by atoms with Crippen molar-refractivity contribution in [1.82, 2.24) is 9.55 Å². The largest absolute Gasteiger partial charge is 0.452 e. The SMILES string of the molecule is Cc1ccc(Cl)cc1NC(=O)COC(=O)c1ccc2c(=O)n3c(nc2c1)CCC3. The van der Waals surface area contributed by atoms with Crippen LogP contribution in [0.3, 0.4) is 0 Å². The van der Waals surface area contributed by atoms with Crippen molar-refractivity contribution in [2.45, 2.75) is 26.3 Å². The Kier molecular flexibility index (Phi) is 5.07. The van der Waals surface area contributed by atoms with Gasteiger partial charge in [0.05, 0.1) is 16.5 Å². The highest BCUT2D eigenvalue weighted by molar-refractivity contribution is 6.31. The summed E-state index contributed by atoms with van der Waals surface area (Å²) >= 11 is 5.94. The van der Waals surface area contributed by atoms with Gasteiger partial charge in [-0.1, -0.05) is 17.7 Å². The quantitative estimate of drug-likeness (QED) is 0.666. The molecule has 1 N–H and O–H groups in total. The number of rotatable bonds is 4. The summed E-state index contributed by atoms with van der Waals surface area (Å²) in [5, 5.41) is 3.62. The van der Waals surface area contributed by atoms with E-state index in [1.54, 1.807) is 28.8 Å². The lowest BCUT2D eigenvalue weighted by molar-refractivity contribution is -0.119. The van der Waals surface area contributed by atoms with Crippen molar-refractivity contribution in [3.63, 3.8) is 0 Å². The highest BCUT2D eigenvalue weighted by atomic mass is 35.5. The zero-order chi connectivity index (χ0) is 20.5. The number of anilines is 1. The molecule has 0 fully saturated rings. The summed E-state index contributed by atoms with van der Waals surface area (Å²) in [6, 6.07) is 9.74. The maximum absolute atomic E-state index is 12.5. The van der Waals surface area contributed by atoms with Crippen LogP contribution in [0.25, 0.3) is 10.9 Å². The van der Waals surface area contributed by atoms with E-state index >= 15 is 0 Å². The number of hydrogen-bond acceptors (Lipinski definition) is 5. The standard InChI is InChI=1S/C21H18ClN3O4/c1-12-4-6-14(22)10-16(12)24-19(26)11-29-21(28)13-5-7-15-17(9-13)23-18-3-2-8-25(18)20(15)27/h4-7,9-10H,2-3,8,11H2,1H3,(H,24,26). The molecule has 1 aromatic heterocycles. The molecule has 29 heavy (non-hydrogen) atoms. The lowest BCUT2D eigenvalue weighted by atomic mass is 10.1. The summed E-state index contributed by atoms with van der Waals surface area (Å²) in [5.41, 5.74) is 1.99. The van der Waals surface area contributed by atoms with Crippen molar-refractivity contribution in [2.24, 2.45) is 0 Å². The van der Waals surface area contributed by atoms with E-state index in [1.165, 1.54) is 12.1 Å². The van der Waals surface area contributed by atoms with Gasteiger partial charge in [-0.15, -0.1) is 0 Å². The zero-order valence-corrected chi connectivity index (χ0v) is 16.5. The van der Waals surface area contributed by atoms with Gasteiger partial charge in [0.15, 0.2) is 6.61 Å². The Morgan fingerprint density at radius 3 is 2.90 bits per heavy atom. The van der Waals surface area contributed by atoms with Crippen LogP contribution in [0.4, 0.5) is 5.69 Å². The van der Waals surface area contributed by atoms with E-state index < -0.39 is 18.5 Å². The van der Waals surface area contributed by atoms with Crippen LogP contribution >= 0.6 is 11.6 Å². The van der Waals surface area contributed by atoms with Crippen LogP contribution in [0.2, 0.25) is 5.02 Å². The lowest BCUT2D eigenvalue weighted by Crippen LogP contribution is -2.22. The van der Waals surface area contributed by atoms with Gasteiger partial charge in [-0.2, -0.15) is 0 Å². The number of esters is 1. The van der Waals surface area contributed by atoms with Crippen molar-refractivity contribution in [3.8, 4) is 0 Å². The summed E-state index contributed by atoms with van der Waals surface area (Å²) in [6.07, 6.45) is 1.62. The third kappa shape index (κ3) is 3.86. The number of aryl methyl sites for hydroxylation is 2. The van der Waals surface area contributed by atoms with E-state index in [2.05, 4.69) is 10.3 Å². The number of ether oxygens (including phenoxy) is 1. The molecule has 148 valence electrons. The van der Waals surface area contributed by atoms with E-state index in [0.717, 1.165) is 24.2 Å². The molecule has 1 aliphatic rings. The molecule has 0 unspecified atom stereocenters. The summed E-state index contributed by atoms with van der Waals surface area (Å²) in [5.74, 6) is -0.407. The molecular formula is C21H18ClN3O4. The Hall–Kier alpha value is -3.19. The Labute approximate surface area is 171 Å². The molecule has 0 saturated heterocycles. The third-order valence-electron chi connectivity index (χ3n) is 4.86. The third-order valence-corrected chi connectivity index (χ3v) is 5.10. The first-order chi connectivity index (χ1) is 13.9. The van der Waals surface area contributed by atoms with E-state index in [-0.39, 0.29) is 11.1 Å². The highest BCUT2D eigenvalue weighted by Crippen LogP contribution is 2.20. The van der Waals surface area contributed by atoms with Crippen LogP contribution in [0.1, 0.15) is 28.2 Å². The fraction of sp³-hybridized carbons (Fsp3) is 0.238. The molecule has 2 heterocycles. The predicted molar refractivity (Wildman–Crippen MR) is 109 cm³/mol. The minimum absolute atomic E-state index is 0.0984. The first-order valence-electron chi connectivity index (χ1n) is 9.19. The summed E-state index contributed by atoms with van der Waals surface area (Å²) < 4.78 is 6.78. The number of amides is 1. The molecule has 1 aliphatic heterocycles. The Bertz CT molecular complexity index is 1200. The number of hydrogen-bond donors (Lipinski definition) is 1. The van der Waals surface area contributed by atoms with Crippen molar-refractivity contribution in [1.29, 1.82) is 0 Å². The van der Waals surface area contributed by atoms with Gasteiger partial charge in [0.25, 0.3) is 11.5 Å². The predicted octanol–water partition coefficient (Wildman–Crippen LogP) is 3.10. The topological polar surface area (TPSA) is 90.3 Å². The van der Waals surface area contributed by atoms with Gasteiger partial charge < -0.3 is 10.1 Å². The van der Waals surface area contributed by atoms with Gasteiger partial charge in [-0.3, -0.25) is 14.2 Å². The Morgan fingerprint density at radius 1 is 1.24 bits per heavy atom. The molecule has 0 bridgehead atoms. The van der Waals surface area contributed by atoms with Crippen molar-refractivity contribution in [3.05, 3.63) is 68.7 Å². The average Bonchev–Trinajstić information content (AvgIpc) is 3.17. The number of fused-ring (bicyclic) bond motifs is 2. The van der Waals surface area contributed by atoms with Gasteiger partial charge in [0.2, 0.25) is 0 Å². The number of carbonyl (C=O) groups is 2. The van der Waals surface area contributed by atoms with Crippen molar-refractivity contribution >= 4 is 40.1 Å². The van der Waals surface area contributed by atoms with Gasteiger partial charge in [0.1, 0.15) is 5.82 Å². The number of halogens is 1. The Morgan fingerprint density at radius 2 is 2.07 bits per heavy atom. The van der Waals surface area contributed by atoms with Crippen molar-refractivity contribution < 1.29 is 14.3 Å². The fourth-order valence-electron chi connectivity index (χ4n) is 3.34. The smallest absolute Gasteiger partial charge is 0.338 e. The average molecular weight is 412 g/mol. The van der Waals surface area contributed by atoms with Gasteiger partial charge >= 0.3 is 5.97 Å². The molecule has 8 heteroatoms. The maximum Gasteiger partial charge on any atom is 0.338 e. The number of aromatic nitrogens is 2. The monoisotopic (exact) mass is 411 g/mol. The molecule has 0 atom stereocenters. The molecule has 3 aromatic rings. The van der Waals surface area contributed by atoms with Crippen LogP contribution in [-0.2, 0) is 22.5 Å². The van der Waals surface area contributed by atoms with E-state index in [0.29, 0.717) is 28.2 Å². The molecule has 0 aliphatic carbocycles. The molecule has 7 nitrogen and oxygen atoms in total. The van der Waals surface area contributed by atoms with E-state index in [9.17, 15) is 14.4 Å². The van der Waals surface area contributed by atoms with Crippen molar-refractivity contribution in [2.75, 3.05) is 11.9 Å². The molecule has 0 spiro atoms. The molecule has 0 radical (unpaired) electrons. The van der Waals surface area contributed by atoms with Gasteiger partial charge in [0, 0.05) is 23.7 Å². The number of nitrogens with zero attached hydrogens (tertiary/aromatic N) is 2. The van der Waals surface area contributed by atoms with E-state index in [4.69, 9.17) is 16.3 Å². The number of benzene rings is 2. The second-order valence-corrected chi connectivity index (χ2v) is 7.34. The van der Waals surface area contributed by atoms with Gasteiger partial charge in [-0.05, 0) is 49.2 Å². The molecule has 2 aromatic carbocycles. The lowest BCUT2D eigenvalue weighted by Gasteiger charge is -2.10. The van der Waals surface area contributed by atoms with E-state index in [1.807, 2.05) is 6.92 Å². The van der Waals surface area contributed by atoms with Crippen LogP contribution < -0.4 is 10.9 Å². The highest BCUT2D eigenvalue weighted by Gasteiger charge is 2.18. The molecule has 4 rings (SSSR count). The van der Waals surface area contributed by atoms with Crippen LogP contribution in [0.15, 0.2) is 41.2 Å². The summed E-state index contributed by atoms with van der Waals surface area (Å²) in [7, 11) is 0. The molecule has 0 saturated carbocycles. The first kappa shape index (κ1) is 19.1. The Balaban J connectivity index is 1.46. The maximum atomic E-state index is 12.5. The zero-order valence-electron chi connectivity index (χ0n) is 15.7. The molecule has 1 amide bonds. The van der Waals surface area contributed by atoms with Crippen LogP contribution in [-0.4, -0.2) is 28.0 Å². The van der Waals surface area contributed by atoms with Crippen LogP contribution in [0, 0.1) is 6.92 Å². The molecular weight excluding hydrogens is 394 g/mol. The fourth-order valence-corrected chi connectivity index (χ4v) is 3.51. The summed E-state index contributed by atoms with van der Waals surface area (Å²) in [4.78, 5) is 41.4. The second kappa shape index (κ2) is 7.67. The second-order valence-electron chi connectivity index (χ2n) is 6.90. The summed E-state index contributed by atoms with van der Waals surface area (Å²) in [6.45, 7) is 2.06. The number of nitrogens with one attached hydrogen (secondary N) is 1. The number of carbonyl (C=O) groups excluding carboxylic acids is 2. The normalized spacial score (nSPS) is 12.6. The van der Waals surface area contributed by atoms with Crippen LogP contribution in [0.5, 0.6) is 0 Å². The minimum Gasteiger partial charge on any atom is -0.452 e. The minimum atomic E-state index is -0.660. The first-order valence-corrected chi connectivity index (χ1v) is 9.57.